The van der Waals surface area contributed by atoms with E-state index in [-0.39, 0.29) is 5.69 Å². The minimum absolute atomic E-state index is 0.0403. The van der Waals surface area contributed by atoms with Crippen molar-refractivity contribution in [1.29, 1.82) is 0 Å². The number of aromatic nitrogens is 2. The normalized spacial score (nSPS) is 10.2. The van der Waals surface area contributed by atoms with Crippen LogP contribution in [-0.4, -0.2) is 34.2 Å². The Balaban J connectivity index is 3.24. The van der Waals surface area contributed by atoms with Gasteiger partial charge in [-0.15, -0.1) is 0 Å². The van der Waals surface area contributed by atoms with Crippen molar-refractivity contribution in [2.75, 3.05) is 24.2 Å². The zero-order chi connectivity index (χ0) is 12.1. The van der Waals surface area contributed by atoms with Gasteiger partial charge in [0, 0.05) is 13.1 Å². The Hall–Kier alpha value is -1.37. The molecule has 88 valence electrons. The molecule has 1 heterocycles. The van der Waals surface area contributed by atoms with Gasteiger partial charge in [0.05, 0.1) is 4.92 Å². The molecule has 0 aliphatic rings. The standard InChI is InChI=1S/C9H14N4O2S/c1-4-12(5-2)8-7(13(14)15)6-10-9(11-8)16-3/h6H,4-5H2,1-3H3. The number of thioether (sulfide) groups is 1. The van der Waals surface area contributed by atoms with E-state index in [0.717, 1.165) is 0 Å². The highest BCUT2D eigenvalue weighted by molar-refractivity contribution is 7.98. The third kappa shape index (κ3) is 2.60. The molecular weight excluding hydrogens is 228 g/mol. The van der Waals surface area contributed by atoms with Crippen LogP contribution in [0, 0.1) is 10.1 Å². The van der Waals surface area contributed by atoms with Gasteiger partial charge in [0.1, 0.15) is 6.20 Å². The van der Waals surface area contributed by atoms with Crippen LogP contribution in [0.5, 0.6) is 0 Å². The van der Waals surface area contributed by atoms with Gasteiger partial charge in [-0.3, -0.25) is 10.1 Å². The summed E-state index contributed by atoms with van der Waals surface area (Å²) in [5, 5.41) is 11.4. The van der Waals surface area contributed by atoms with E-state index in [0.29, 0.717) is 24.1 Å². The first-order valence-electron chi connectivity index (χ1n) is 4.94. The first-order chi connectivity index (χ1) is 7.63. The molecule has 0 amide bonds. The summed E-state index contributed by atoms with van der Waals surface area (Å²) in [6, 6.07) is 0. The lowest BCUT2D eigenvalue weighted by atomic mass is 10.4. The molecule has 0 atom stereocenters. The molecule has 7 heteroatoms. The minimum Gasteiger partial charge on any atom is -0.351 e. The predicted octanol–water partition coefficient (Wildman–Crippen LogP) is 1.95. The fraction of sp³-hybridized carbons (Fsp3) is 0.556. The maximum atomic E-state index is 10.8. The Bertz CT molecular complexity index is 382. The van der Waals surface area contributed by atoms with Crippen LogP contribution in [0.25, 0.3) is 0 Å². The molecular formula is C9H14N4O2S. The van der Waals surface area contributed by atoms with E-state index in [9.17, 15) is 10.1 Å². The van der Waals surface area contributed by atoms with Gasteiger partial charge in [-0.2, -0.15) is 4.98 Å². The Labute approximate surface area is 98.2 Å². The van der Waals surface area contributed by atoms with Crippen LogP contribution in [0.4, 0.5) is 11.5 Å². The molecule has 0 fully saturated rings. The van der Waals surface area contributed by atoms with Crippen LogP contribution in [0.3, 0.4) is 0 Å². The average molecular weight is 242 g/mol. The zero-order valence-corrected chi connectivity index (χ0v) is 10.3. The lowest BCUT2D eigenvalue weighted by Gasteiger charge is -2.19. The van der Waals surface area contributed by atoms with Crippen LogP contribution >= 0.6 is 11.8 Å². The van der Waals surface area contributed by atoms with Crippen LogP contribution in [-0.2, 0) is 0 Å². The molecule has 0 aromatic carbocycles. The number of nitro groups is 1. The maximum Gasteiger partial charge on any atom is 0.329 e. The second-order valence-electron chi connectivity index (χ2n) is 2.99. The largest absolute Gasteiger partial charge is 0.351 e. The van der Waals surface area contributed by atoms with Crippen LogP contribution in [0.1, 0.15) is 13.8 Å². The monoisotopic (exact) mass is 242 g/mol. The van der Waals surface area contributed by atoms with Crippen molar-refractivity contribution in [3.8, 4) is 0 Å². The zero-order valence-electron chi connectivity index (χ0n) is 9.51. The van der Waals surface area contributed by atoms with E-state index in [4.69, 9.17) is 0 Å². The predicted molar refractivity (Wildman–Crippen MR) is 64.0 cm³/mol. The topological polar surface area (TPSA) is 72.2 Å². The molecule has 0 bridgehead atoms. The first-order valence-corrected chi connectivity index (χ1v) is 6.16. The molecule has 0 saturated heterocycles. The second-order valence-corrected chi connectivity index (χ2v) is 3.77. The van der Waals surface area contributed by atoms with E-state index in [1.807, 2.05) is 25.0 Å². The highest BCUT2D eigenvalue weighted by Gasteiger charge is 2.20. The maximum absolute atomic E-state index is 10.8. The lowest BCUT2D eigenvalue weighted by molar-refractivity contribution is -0.384. The molecule has 0 aliphatic carbocycles. The summed E-state index contributed by atoms with van der Waals surface area (Å²) in [6.07, 6.45) is 3.11. The minimum atomic E-state index is -0.447. The van der Waals surface area contributed by atoms with Gasteiger partial charge in [-0.25, -0.2) is 4.98 Å². The third-order valence-electron chi connectivity index (χ3n) is 2.17. The van der Waals surface area contributed by atoms with Crippen molar-refractivity contribution < 1.29 is 4.92 Å². The number of hydrogen-bond acceptors (Lipinski definition) is 6. The molecule has 1 aromatic rings. The number of nitrogens with zero attached hydrogens (tertiary/aromatic N) is 4. The summed E-state index contributed by atoms with van der Waals surface area (Å²) in [5.41, 5.74) is -0.0403. The molecule has 16 heavy (non-hydrogen) atoms. The summed E-state index contributed by atoms with van der Waals surface area (Å²) >= 11 is 1.37. The Morgan fingerprint density at radius 2 is 2.12 bits per heavy atom. The molecule has 0 aliphatic heterocycles. The van der Waals surface area contributed by atoms with Gasteiger partial charge in [-0.05, 0) is 20.1 Å². The van der Waals surface area contributed by atoms with Crippen molar-refractivity contribution in [2.24, 2.45) is 0 Å². The lowest BCUT2D eigenvalue weighted by Crippen LogP contribution is -2.24. The highest BCUT2D eigenvalue weighted by atomic mass is 32.2. The molecule has 0 N–H and O–H groups in total. The van der Waals surface area contributed by atoms with Crippen molar-refractivity contribution in [2.45, 2.75) is 19.0 Å². The van der Waals surface area contributed by atoms with E-state index >= 15 is 0 Å². The van der Waals surface area contributed by atoms with E-state index in [1.54, 1.807) is 0 Å². The fourth-order valence-corrected chi connectivity index (χ4v) is 1.67. The molecule has 0 saturated carbocycles. The van der Waals surface area contributed by atoms with Gasteiger partial charge in [0.25, 0.3) is 0 Å². The van der Waals surface area contributed by atoms with Gasteiger partial charge in [0.2, 0.25) is 5.82 Å². The number of anilines is 1. The molecule has 0 unspecified atom stereocenters. The summed E-state index contributed by atoms with van der Waals surface area (Å²) < 4.78 is 0. The van der Waals surface area contributed by atoms with Crippen LogP contribution < -0.4 is 4.90 Å². The molecule has 1 rings (SSSR count). The smallest absolute Gasteiger partial charge is 0.329 e. The van der Waals surface area contributed by atoms with Gasteiger partial charge in [0.15, 0.2) is 5.16 Å². The Kier molecular flexibility index (Phi) is 4.48. The molecule has 0 spiro atoms. The highest BCUT2D eigenvalue weighted by Crippen LogP contribution is 2.26. The van der Waals surface area contributed by atoms with Crippen molar-refractivity contribution in [3.05, 3.63) is 16.3 Å². The van der Waals surface area contributed by atoms with Crippen molar-refractivity contribution in [1.82, 2.24) is 9.97 Å². The fourth-order valence-electron chi connectivity index (χ4n) is 1.33. The summed E-state index contributed by atoms with van der Waals surface area (Å²) in [5.74, 6) is 0.398. The number of hydrogen-bond donors (Lipinski definition) is 0. The number of rotatable bonds is 5. The van der Waals surface area contributed by atoms with Crippen LogP contribution in [0.15, 0.2) is 11.4 Å². The second kappa shape index (κ2) is 5.64. The Morgan fingerprint density at radius 1 is 1.50 bits per heavy atom. The average Bonchev–Trinajstić information content (AvgIpc) is 2.30. The summed E-state index contributed by atoms with van der Waals surface area (Å²) in [6.45, 7) is 5.24. The molecule has 6 nitrogen and oxygen atoms in total. The molecule has 0 radical (unpaired) electrons. The Morgan fingerprint density at radius 3 is 2.56 bits per heavy atom. The molecule has 1 aromatic heterocycles. The van der Waals surface area contributed by atoms with Gasteiger partial charge < -0.3 is 4.90 Å². The quantitative estimate of drug-likeness (QED) is 0.340. The van der Waals surface area contributed by atoms with E-state index < -0.39 is 4.92 Å². The van der Waals surface area contributed by atoms with E-state index in [2.05, 4.69) is 9.97 Å². The van der Waals surface area contributed by atoms with Crippen molar-refractivity contribution in [3.63, 3.8) is 0 Å². The third-order valence-corrected chi connectivity index (χ3v) is 2.73. The SMILES string of the molecule is CCN(CC)c1nc(SC)ncc1[N+](=O)[O-]. The summed E-state index contributed by atoms with van der Waals surface area (Å²) in [4.78, 5) is 20.4. The van der Waals surface area contributed by atoms with Gasteiger partial charge in [-0.1, -0.05) is 11.8 Å². The van der Waals surface area contributed by atoms with Gasteiger partial charge >= 0.3 is 5.69 Å². The van der Waals surface area contributed by atoms with E-state index in [1.165, 1.54) is 18.0 Å². The summed E-state index contributed by atoms with van der Waals surface area (Å²) in [7, 11) is 0. The van der Waals surface area contributed by atoms with Crippen LogP contribution in [0.2, 0.25) is 0 Å². The van der Waals surface area contributed by atoms with Crippen molar-refractivity contribution >= 4 is 23.3 Å². The first kappa shape index (κ1) is 12.7.